The van der Waals surface area contributed by atoms with E-state index in [-0.39, 0.29) is 0 Å². The first-order valence-electron chi connectivity index (χ1n) is 7.20. The Morgan fingerprint density at radius 3 is 2.67 bits per heavy atom. The predicted molar refractivity (Wildman–Crippen MR) is 72.1 cm³/mol. The Labute approximate surface area is 107 Å². The van der Waals surface area contributed by atoms with Gasteiger partial charge >= 0.3 is 0 Å². The van der Waals surface area contributed by atoms with E-state index in [2.05, 4.69) is 47.2 Å². The minimum Gasteiger partial charge on any atom is -0.320 e. The third kappa shape index (κ3) is 0.959. The molecular weight excluding hydrogens is 218 g/mol. The molecule has 90 valence electrons. The third-order valence-corrected chi connectivity index (χ3v) is 5.59. The lowest BCUT2D eigenvalue weighted by atomic mass is 9.72. The molecule has 1 aromatic carbocycles. The summed E-state index contributed by atoms with van der Waals surface area (Å²) >= 11 is 0. The van der Waals surface area contributed by atoms with Gasteiger partial charge in [-0.15, -0.1) is 0 Å². The van der Waals surface area contributed by atoms with E-state index < -0.39 is 0 Å². The van der Waals surface area contributed by atoms with Crippen molar-refractivity contribution < 1.29 is 0 Å². The highest BCUT2D eigenvalue weighted by Crippen LogP contribution is 2.63. The van der Waals surface area contributed by atoms with Crippen molar-refractivity contribution in [3.05, 3.63) is 53.9 Å². The lowest BCUT2D eigenvalue weighted by molar-refractivity contribution is 0.348. The fourth-order valence-electron chi connectivity index (χ4n) is 5.04. The standard InChI is InChI=1S/C17H17N/c1-2-5-14-13(4-1)16-11-7-8-12(10-11)17(16)15-6-3-9-18(14)15/h1-6,9,11-12,16-17H,7-8,10H2. The summed E-state index contributed by atoms with van der Waals surface area (Å²) < 4.78 is 2.44. The summed E-state index contributed by atoms with van der Waals surface area (Å²) in [4.78, 5) is 0. The van der Waals surface area contributed by atoms with Crippen molar-refractivity contribution in [2.24, 2.45) is 11.8 Å². The summed E-state index contributed by atoms with van der Waals surface area (Å²) in [7, 11) is 0. The van der Waals surface area contributed by atoms with E-state index in [4.69, 9.17) is 0 Å². The Balaban J connectivity index is 1.83. The number of hydrogen-bond acceptors (Lipinski definition) is 0. The number of aromatic nitrogens is 1. The average molecular weight is 235 g/mol. The van der Waals surface area contributed by atoms with Crippen LogP contribution in [0.15, 0.2) is 42.6 Å². The zero-order valence-corrected chi connectivity index (χ0v) is 10.4. The summed E-state index contributed by atoms with van der Waals surface area (Å²) in [6.07, 6.45) is 6.63. The molecule has 2 bridgehead atoms. The molecule has 0 N–H and O–H groups in total. The van der Waals surface area contributed by atoms with Crippen LogP contribution in [-0.2, 0) is 0 Å². The molecule has 2 saturated carbocycles. The summed E-state index contributed by atoms with van der Waals surface area (Å²) in [6.45, 7) is 0. The molecular formula is C17H17N. The van der Waals surface area contributed by atoms with E-state index in [1.165, 1.54) is 24.9 Å². The summed E-state index contributed by atoms with van der Waals surface area (Å²) in [6, 6.07) is 13.6. The molecule has 2 fully saturated rings. The molecule has 2 aromatic rings. The Morgan fingerprint density at radius 2 is 1.72 bits per heavy atom. The highest BCUT2D eigenvalue weighted by molar-refractivity contribution is 5.52. The normalized spacial score (nSPS) is 35.1. The van der Waals surface area contributed by atoms with Crippen LogP contribution in [0.3, 0.4) is 0 Å². The molecule has 1 heteroatoms. The van der Waals surface area contributed by atoms with Gasteiger partial charge in [0, 0.05) is 23.5 Å². The van der Waals surface area contributed by atoms with Crippen molar-refractivity contribution in [3.8, 4) is 5.69 Å². The molecule has 1 nitrogen and oxygen atoms in total. The minimum atomic E-state index is 0.800. The van der Waals surface area contributed by atoms with Crippen LogP contribution in [0.25, 0.3) is 5.69 Å². The number of rotatable bonds is 0. The van der Waals surface area contributed by atoms with Gasteiger partial charge < -0.3 is 4.57 Å². The van der Waals surface area contributed by atoms with Crippen molar-refractivity contribution in [2.45, 2.75) is 31.1 Å². The molecule has 0 amide bonds. The molecule has 1 aromatic heterocycles. The highest BCUT2D eigenvalue weighted by Gasteiger charge is 2.51. The molecule has 5 rings (SSSR count). The van der Waals surface area contributed by atoms with Crippen LogP contribution in [-0.4, -0.2) is 4.57 Å². The zero-order chi connectivity index (χ0) is 11.7. The van der Waals surface area contributed by atoms with Crippen LogP contribution in [0.1, 0.15) is 42.4 Å². The summed E-state index contributed by atoms with van der Waals surface area (Å²) in [5, 5.41) is 0. The summed E-state index contributed by atoms with van der Waals surface area (Å²) in [5.41, 5.74) is 4.62. The van der Waals surface area contributed by atoms with E-state index in [0.29, 0.717) is 0 Å². The maximum atomic E-state index is 2.44. The van der Waals surface area contributed by atoms with Crippen molar-refractivity contribution >= 4 is 0 Å². The van der Waals surface area contributed by atoms with Crippen LogP contribution < -0.4 is 0 Å². The van der Waals surface area contributed by atoms with E-state index in [1.807, 2.05) is 0 Å². The number of nitrogens with zero attached hydrogens (tertiary/aromatic N) is 1. The first-order chi connectivity index (χ1) is 8.93. The zero-order valence-electron chi connectivity index (χ0n) is 10.4. The maximum Gasteiger partial charge on any atom is 0.0487 e. The first-order valence-corrected chi connectivity index (χ1v) is 7.20. The van der Waals surface area contributed by atoms with E-state index >= 15 is 0 Å². The van der Waals surface area contributed by atoms with Crippen molar-refractivity contribution in [1.82, 2.24) is 4.57 Å². The van der Waals surface area contributed by atoms with Gasteiger partial charge in [-0.2, -0.15) is 0 Å². The van der Waals surface area contributed by atoms with Gasteiger partial charge in [0.25, 0.3) is 0 Å². The van der Waals surface area contributed by atoms with Gasteiger partial charge in [0.1, 0.15) is 0 Å². The van der Waals surface area contributed by atoms with Gasteiger partial charge in [-0.3, -0.25) is 0 Å². The van der Waals surface area contributed by atoms with Crippen LogP contribution in [0, 0.1) is 11.8 Å². The molecule has 2 aliphatic carbocycles. The van der Waals surface area contributed by atoms with E-state index in [1.54, 1.807) is 11.3 Å². The second kappa shape index (κ2) is 3.09. The van der Waals surface area contributed by atoms with E-state index in [0.717, 1.165) is 23.7 Å². The molecule has 2 heterocycles. The minimum absolute atomic E-state index is 0.800. The van der Waals surface area contributed by atoms with Gasteiger partial charge in [-0.05, 0) is 60.8 Å². The molecule has 4 atom stereocenters. The van der Waals surface area contributed by atoms with Crippen molar-refractivity contribution in [2.75, 3.05) is 0 Å². The lowest BCUT2D eigenvalue weighted by Gasteiger charge is -2.37. The molecule has 0 spiro atoms. The number of hydrogen-bond donors (Lipinski definition) is 0. The van der Waals surface area contributed by atoms with Crippen molar-refractivity contribution in [1.29, 1.82) is 0 Å². The third-order valence-electron chi connectivity index (χ3n) is 5.59. The monoisotopic (exact) mass is 235 g/mol. The fraction of sp³-hybridized carbons (Fsp3) is 0.412. The largest absolute Gasteiger partial charge is 0.320 e. The second-order valence-electron chi connectivity index (χ2n) is 6.25. The smallest absolute Gasteiger partial charge is 0.0487 e. The van der Waals surface area contributed by atoms with Crippen LogP contribution in [0.5, 0.6) is 0 Å². The SMILES string of the molecule is c1ccc2c(c1)C1C3CCC(C3)C1c1cccn1-2. The summed E-state index contributed by atoms with van der Waals surface area (Å²) in [5.74, 6) is 3.50. The Morgan fingerprint density at radius 1 is 0.889 bits per heavy atom. The van der Waals surface area contributed by atoms with Crippen LogP contribution in [0.4, 0.5) is 0 Å². The van der Waals surface area contributed by atoms with Gasteiger partial charge in [0.05, 0.1) is 0 Å². The predicted octanol–water partition coefficient (Wildman–Crippen LogP) is 4.09. The molecule has 18 heavy (non-hydrogen) atoms. The van der Waals surface area contributed by atoms with Crippen LogP contribution >= 0.6 is 0 Å². The van der Waals surface area contributed by atoms with Gasteiger partial charge in [0.15, 0.2) is 0 Å². The average Bonchev–Trinajstić information content (AvgIpc) is 3.13. The Hall–Kier alpha value is -1.50. The van der Waals surface area contributed by atoms with Crippen LogP contribution in [0.2, 0.25) is 0 Å². The lowest BCUT2D eigenvalue weighted by Crippen LogP contribution is -2.26. The number of para-hydroxylation sites is 1. The molecule has 3 aliphatic rings. The second-order valence-corrected chi connectivity index (χ2v) is 6.25. The van der Waals surface area contributed by atoms with Gasteiger partial charge in [0.2, 0.25) is 0 Å². The molecule has 1 aliphatic heterocycles. The molecule has 0 radical (unpaired) electrons. The van der Waals surface area contributed by atoms with Gasteiger partial charge in [-0.25, -0.2) is 0 Å². The number of fused-ring (bicyclic) bond motifs is 10. The van der Waals surface area contributed by atoms with E-state index in [9.17, 15) is 0 Å². The Bertz CT molecular complexity index is 624. The van der Waals surface area contributed by atoms with Crippen molar-refractivity contribution in [3.63, 3.8) is 0 Å². The first kappa shape index (κ1) is 9.43. The maximum absolute atomic E-state index is 2.44. The van der Waals surface area contributed by atoms with Gasteiger partial charge in [-0.1, -0.05) is 18.2 Å². The molecule has 4 unspecified atom stereocenters. The quantitative estimate of drug-likeness (QED) is 0.648. The Kier molecular flexibility index (Phi) is 1.62. The highest BCUT2D eigenvalue weighted by atomic mass is 15.0. The number of benzene rings is 1. The molecule has 0 saturated heterocycles. The fourth-order valence-corrected chi connectivity index (χ4v) is 5.04. The topological polar surface area (TPSA) is 4.93 Å².